The molecule has 1 saturated carbocycles. The van der Waals surface area contributed by atoms with Crippen LogP contribution in [0.25, 0.3) is 21.6 Å². The number of methoxy groups -OCH3 is 1. The Kier molecular flexibility index (Phi) is 12.0. The average Bonchev–Trinajstić information content (AvgIpc) is 3.58. The molecule has 57 heavy (non-hydrogen) atoms. The van der Waals surface area contributed by atoms with Gasteiger partial charge in [-0.1, -0.05) is 31.4 Å². The van der Waals surface area contributed by atoms with Crippen LogP contribution in [0.15, 0.2) is 47.8 Å². The summed E-state index contributed by atoms with van der Waals surface area (Å²) in [6.45, 7) is 9.76. The van der Waals surface area contributed by atoms with Crippen LogP contribution in [0.1, 0.15) is 106 Å². The molecule has 3 heterocycles. The molecule has 14 heteroatoms. The third-order valence-electron chi connectivity index (χ3n) is 10.2. The highest BCUT2D eigenvalue weighted by Crippen LogP contribution is 2.43. The molecule has 0 saturated heterocycles. The zero-order valence-electron chi connectivity index (χ0n) is 33.4. The van der Waals surface area contributed by atoms with E-state index >= 15 is 0 Å². The second-order valence-corrected chi connectivity index (χ2v) is 16.4. The summed E-state index contributed by atoms with van der Waals surface area (Å²) >= 11 is 1.55. The topological polar surface area (TPSA) is 174 Å². The van der Waals surface area contributed by atoms with Crippen molar-refractivity contribution in [1.29, 1.82) is 0 Å². The third-order valence-corrected chi connectivity index (χ3v) is 11.2. The Labute approximate surface area is 336 Å². The number of carbonyl (C=O) groups is 5. The molecule has 13 nitrogen and oxygen atoms in total. The summed E-state index contributed by atoms with van der Waals surface area (Å²) in [6, 6.07) is 12.3. The first-order chi connectivity index (χ1) is 27.1. The number of pyridine rings is 1. The van der Waals surface area contributed by atoms with E-state index in [1.54, 1.807) is 50.3 Å². The van der Waals surface area contributed by atoms with Crippen LogP contribution in [0.4, 0.5) is 10.5 Å². The van der Waals surface area contributed by atoms with E-state index in [-0.39, 0.29) is 35.0 Å². The smallest absolute Gasteiger partial charge is 0.407 e. The van der Waals surface area contributed by atoms with E-state index in [4.69, 9.17) is 14.2 Å². The number of aromatic nitrogens is 1. The van der Waals surface area contributed by atoms with Crippen LogP contribution in [-0.2, 0) is 27.2 Å². The lowest BCUT2D eigenvalue weighted by Gasteiger charge is -2.36. The Morgan fingerprint density at radius 3 is 2.30 bits per heavy atom. The first kappa shape index (κ1) is 40.9. The zero-order valence-corrected chi connectivity index (χ0v) is 34.2. The number of benzene rings is 2. The molecule has 0 atom stereocenters. The van der Waals surface area contributed by atoms with Gasteiger partial charge in [-0.25, -0.2) is 14.6 Å². The number of rotatable bonds is 9. The maximum absolute atomic E-state index is 14.6. The van der Waals surface area contributed by atoms with Crippen molar-refractivity contribution in [3.05, 3.63) is 87.0 Å². The number of hydrogen-bond acceptors (Lipinski definition) is 10. The fraction of sp³-hybridized carbons (Fsp3) is 0.395. The number of nitrogens with one attached hydrogen (secondary N) is 4. The number of thiophene rings is 1. The van der Waals surface area contributed by atoms with Gasteiger partial charge in [0, 0.05) is 52.8 Å². The highest BCUT2D eigenvalue weighted by molar-refractivity contribution is 7.13. The van der Waals surface area contributed by atoms with E-state index in [2.05, 4.69) is 26.3 Å². The zero-order chi connectivity index (χ0) is 41.1. The van der Waals surface area contributed by atoms with Crippen molar-refractivity contribution in [2.24, 2.45) is 0 Å². The molecular weight excluding hydrogens is 747 g/mol. The SMILES string of the molecule is CNC(=O)C1(NC(=O)c2ccc(-c3cc4c(cc3C(=O)Nc3c(C)cc(CNC(=O)OC(C)(C)C)cc3C)-c3sccc3CCO4)c(C(=O)OC)n2)CCCCC1. The van der Waals surface area contributed by atoms with Crippen molar-refractivity contribution >= 4 is 46.8 Å². The fourth-order valence-corrected chi connectivity index (χ4v) is 8.47. The van der Waals surface area contributed by atoms with Crippen molar-refractivity contribution in [3.8, 4) is 27.3 Å². The summed E-state index contributed by atoms with van der Waals surface area (Å²) in [5.41, 5.74) is 3.61. The van der Waals surface area contributed by atoms with E-state index < -0.39 is 35.0 Å². The van der Waals surface area contributed by atoms with E-state index in [9.17, 15) is 24.0 Å². The summed E-state index contributed by atoms with van der Waals surface area (Å²) < 4.78 is 16.8. The Bertz CT molecular complexity index is 2210. The lowest BCUT2D eigenvalue weighted by Crippen LogP contribution is -2.59. The van der Waals surface area contributed by atoms with Crippen LogP contribution in [0.3, 0.4) is 0 Å². The molecule has 1 fully saturated rings. The first-order valence-corrected chi connectivity index (χ1v) is 19.9. The maximum Gasteiger partial charge on any atom is 0.407 e. The largest absolute Gasteiger partial charge is 0.493 e. The van der Waals surface area contributed by atoms with Crippen molar-refractivity contribution in [1.82, 2.24) is 20.9 Å². The van der Waals surface area contributed by atoms with E-state index in [0.717, 1.165) is 52.0 Å². The number of fused-ring (bicyclic) bond motifs is 3. The van der Waals surface area contributed by atoms with Crippen LogP contribution in [0.2, 0.25) is 0 Å². The summed E-state index contributed by atoms with van der Waals surface area (Å²) in [4.78, 5) is 72.6. The molecule has 2 aromatic heterocycles. The number of ether oxygens (including phenoxy) is 3. The lowest BCUT2D eigenvalue weighted by atomic mass is 9.80. The number of amides is 4. The Morgan fingerprint density at radius 2 is 1.63 bits per heavy atom. The molecule has 4 aromatic rings. The van der Waals surface area contributed by atoms with Gasteiger partial charge in [-0.3, -0.25) is 14.4 Å². The van der Waals surface area contributed by atoms with Gasteiger partial charge in [-0.15, -0.1) is 11.3 Å². The van der Waals surface area contributed by atoms with Gasteiger partial charge < -0.3 is 35.5 Å². The molecule has 2 aromatic carbocycles. The van der Waals surface area contributed by atoms with Gasteiger partial charge in [-0.05, 0) is 105 Å². The molecule has 300 valence electrons. The Balaban J connectivity index is 1.40. The molecule has 2 aliphatic rings. The number of nitrogens with zero attached hydrogens (tertiary/aromatic N) is 1. The van der Waals surface area contributed by atoms with Gasteiger partial charge in [0.05, 0.1) is 13.7 Å². The average molecular weight is 796 g/mol. The predicted octanol–water partition coefficient (Wildman–Crippen LogP) is 7.27. The number of anilines is 1. The fourth-order valence-electron chi connectivity index (χ4n) is 7.49. The van der Waals surface area contributed by atoms with Gasteiger partial charge in [0.2, 0.25) is 5.91 Å². The molecule has 0 radical (unpaired) electrons. The second kappa shape index (κ2) is 16.8. The van der Waals surface area contributed by atoms with Crippen LogP contribution >= 0.6 is 11.3 Å². The minimum absolute atomic E-state index is 0.0826. The number of alkyl carbamates (subject to hydrolysis) is 1. The van der Waals surface area contributed by atoms with Crippen molar-refractivity contribution in [2.45, 2.75) is 90.8 Å². The van der Waals surface area contributed by atoms with Crippen LogP contribution in [-0.4, -0.2) is 66.7 Å². The summed E-state index contributed by atoms with van der Waals surface area (Å²) in [5.74, 6) is -1.64. The molecule has 6 rings (SSSR count). The lowest BCUT2D eigenvalue weighted by molar-refractivity contribution is -0.128. The predicted molar refractivity (Wildman–Crippen MR) is 218 cm³/mol. The molecule has 1 aliphatic heterocycles. The van der Waals surface area contributed by atoms with E-state index in [0.29, 0.717) is 42.9 Å². The quantitative estimate of drug-likeness (QED) is 0.127. The number of likely N-dealkylation sites (N-methyl/N-ethyl adjacent to an activating group) is 1. The van der Waals surface area contributed by atoms with Gasteiger partial charge in [-0.2, -0.15) is 0 Å². The van der Waals surface area contributed by atoms with Crippen molar-refractivity contribution < 1.29 is 38.2 Å². The summed E-state index contributed by atoms with van der Waals surface area (Å²) in [7, 11) is 2.75. The highest BCUT2D eigenvalue weighted by atomic mass is 32.1. The number of hydrogen-bond donors (Lipinski definition) is 4. The summed E-state index contributed by atoms with van der Waals surface area (Å²) in [5, 5.41) is 13.5. The van der Waals surface area contributed by atoms with E-state index in [1.165, 1.54) is 20.2 Å². The molecule has 1 aliphatic carbocycles. The number of esters is 1. The third kappa shape index (κ3) is 8.96. The standard InChI is InChI=1S/C43H49N5O8S/c1-24-19-26(23-45-41(53)56-42(3,4)5)20-25(2)34(24)47-37(49)30-21-31-33(55-17-13-27-14-18-57-36(27)31)22-29(30)28-11-12-32(46-35(28)39(51)54-7)38(50)48-43(40(52)44-6)15-9-8-10-16-43/h11-12,14,18-22H,8-10,13,15-17,23H2,1-7H3,(H,44,52)(H,45,53)(H,47,49)(H,48,50). The molecule has 0 spiro atoms. The monoisotopic (exact) mass is 795 g/mol. The molecule has 0 unspecified atom stereocenters. The van der Waals surface area contributed by atoms with Gasteiger partial charge in [0.25, 0.3) is 11.8 Å². The van der Waals surface area contributed by atoms with Crippen LogP contribution in [0, 0.1) is 13.8 Å². The Morgan fingerprint density at radius 1 is 0.912 bits per heavy atom. The van der Waals surface area contributed by atoms with Gasteiger partial charge in [0.15, 0.2) is 5.69 Å². The van der Waals surface area contributed by atoms with Crippen LogP contribution < -0.4 is 26.0 Å². The van der Waals surface area contributed by atoms with Crippen molar-refractivity contribution in [2.75, 3.05) is 26.1 Å². The minimum atomic E-state index is -1.10. The summed E-state index contributed by atoms with van der Waals surface area (Å²) in [6.07, 6.45) is 3.61. The number of aryl methyl sites for hydroxylation is 2. The van der Waals surface area contributed by atoms with Crippen molar-refractivity contribution in [3.63, 3.8) is 0 Å². The molecule has 4 N–H and O–H groups in total. The molecule has 0 bridgehead atoms. The Hall–Kier alpha value is -5.76. The molecule has 4 amide bonds. The second-order valence-electron chi connectivity index (χ2n) is 15.4. The highest BCUT2D eigenvalue weighted by Gasteiger charge is 2.41. The molecular formula is C43H49N5O8S. The first-order valence-electron chi connectivity index (χ1n) is 19.0. The minimum Gasteiger partial charge on any atom is -0.493 e. The normalized spacial score (nSPS) is 14.4. The number of carbonyl (C=O) groups excluding carboxylic acids is 5. The maximum atomic E-state index is 14.6. The van der Waals surface area contributed by atoms with Crippen LogP contribution in [0.5, 0.6) is 5.75 Å². The van der Waals surface area contributed by atoms with Gasteiger partial charge in [0.1, 0.15) is 22.6 Å². The van der Waals surface area contributed by atoms with E-state index in [1.807, 2.05) is 37.4 Å². The van der Waals surface area contributed by atoms with Gasteiger partial charge >= 0.3 is 12.1 Å².